The van der Waals surface area contributed by atoms with Crippen molar-refractivity contribution in [2.45, 2.75) is 169 Å². The number of ketones is 1. The molecular weight excluding hydrogens is 1240 g/mol. The number of benzene rings is 1. The fourth-order valence-corrected chi connectivity index (χ4v) is 14.4. The Morgan fingerprint density at radius 1 is 0.912 bits per heavy atom. The molecule has 6 aliphatic rings. The van der Waals surface area contributed by atoms with Gasteiger partial charge in [0.15, 0.2) is 41.8 Å². The summed E-state index contributed by atoms with van der Waals surface area (Å²) in [4.78, 5) is 34.1. The number of aliphatic hydroxyl groups is 5. The average molecular weight is 1310 g/mol. The standard InChI is InChI=1S/C53H72IN3O19S4/c1-11-56-29-23-69-34(21-33(29)65-6)74-47-42(61)40(25(3)71-52(47)73-32-16-14-12-13-15-18-53(64)22-31(59)39(55)37(32)28(53)17-19-78-80-77-10)57-76-35-20-30(58)49(27(5)70-35)79-50(63)36-24(2)38(54)45(48(68-9)44(36)66-7)75-51-43(62)46(67-8)41(60)26(4)72-51/h12-13,17,25-27,29-30,32-35,40-43,46-47,49,51-52,56-58,60-62,64H,11,19-23,55H2,1-10H3. The Labute approximate surface area is 495 Å². The predicted molar refractivity (Wildman–Crippen MR) is 308 cm³/mol. The van der Waals surface area contributed by atoms with Crippen LogP contribution in [0.1, 0.15) is 62.9 Å². The van der Waals surface area contributed by atoms with E-state index in [1.54, 1.807) is 51.7 Å². The van der Waals surface area contributed by atoms with Crippen LogP contribution in [0, 0.1) is 34.2 Å². The molecule has 7 rings (SSSR count). The molecular formula is C53H72IN3O19S4. The minimum atomic E-state index is -1.93. The van der Waals surface area contributed by atoms with E-state index in [2.05, 4.69) is 34.5 Å². The Balaban J connectivity index is 1.09. The zero-order chi connectivity index (χ0) is 58.2. The Morgan fingerprint density at radius 2 is 1.64 bits per heavy atom. The molecule has 19 atom stereocenters. The van der Waals surface area contributed by atoms with Crippen molar-refractivity contribution in [1.82, 2.24) is 10.8 Å². The zero-order valence-corrected chi connectivity index (χ0v) is 51.3. The Kier molecular flexibility index (Phi) is 24.1. The van der Waals surface area contributed by atoms with Gasteiger partial charge in [0, 0.05) is 44.0 Å². The molecule has 4 fully saturated rings. The number of halogens is 1. The third-order valence-corrected chi connectivity index (χ3v) is 20.8. The molecule has 1 aromatic rings. The summed E-state index contributed by atoms with van der Waals surface area (Å²) < 4.78 is 67.5. The fraction of sp³-hybridized carbons (Fsp3) is 0.660. The maximum Gasteiger partial charge on any atom is 0.229 e. The first-order chi connectivity index (χ1) is 38.2. The Bertz CT molecular complexity index is 2570. The maximum atomic E-state index is 14.4. The number of carbonyl (C=O) groups excluding carboxylic acids is 2. The number of hydroxylamine groups is 1. The molecule has 0 spiro atoms. The number of hydrogen-bond donors (Lipinski definition) is 8. The van der Waals surface area contributed by atoms with Crippen molar-refractivity contribution in [2.24, 2.45) is 5.73 Å². The van der Waals surface area contributed by atoms with Gasteiger partial charge in [0.2, 0.25) is 17.2 Å². The maximum absolute atomic E-state index is 14.4. The van der Waals surface area contributed by atoms with Gasteiger partial charge >= 0.3 is 0 Å². The van der Waals surface area contributed by atoms with E-state index in [-0.39, 0.29) is 77.7 Å². The molecule has 2 aliphatic carbocycles. The van der Waals surface area contributed by atoms with Gasteiger partial charge in [0.05, 0.1) is 89.9 Å². The lowest BCUT2D eigenvalue weighted by Crippen LogP contribution is -2.65. The van der Waals surface area contributed by atoms with Gasteiger partial charge in [0.25, 0.3) is 0 Å². The lowest BCUT2D eigenvalue weighted by molar-refractivity contribution is -0.336. The van der Waals surface area contributed by atoms with Gasteiger partial charge in [-0.05, 0) is 90.6 Å². The highest BCUT2D eigenvalue weighted by atomic mass is 127. The molecule has 19 unspecified atom stereocenters. The number of fused-ring (bicyclic) bond motifs is 2. The van der Waals surface area contributed by atoms with Crippen molar-refractivity contribution >= 4 is 76.7 Å². The van der Waals surface area contributed by atoms with E-state index in [0.29, 0.717) is 21.4 Å². The van der Waals surface area contributed by atoms with Crippen molar-refractivity contribution in [2.75, 3.05) is 53.6 Å². The number of allylic oxidation sites excluding steroid dienone is 3. The van der Waals surface area contributed by atoms with Crippen molar-refractivity contribution in [3.8, 4) is 40.9 Å². The highest BCUT2D eigenvalue weighted by Gasteiger charge is 2.52. The van der Waals surface area contributed by atoms with Crippen LogP contribution in [0.3, 0.4) is 0 Å². The van der Waals surface area contributed by atoms with Crippen LogP contribution >= 0.6 is 65.8 Å². The van der Waals surface area contributed by atoms with Gasteiger partial charge in [0.1, 0.15) is 36.6 Å². The van der Waals surface area contributed by atoms with Gasteiger partial charge in [-0.1, -0.05) is 70.0 Å². The van der Waals surface area contributed by atoms with Crippen LogP contribution < -0.4 is 30.7 Å². The second kappa shape index (κ2) is 29.6. The summed E-state index contributed by atoms with van der Waals surface area (Å²) in [6, 6.07) is -1.18. The third-order valence-electron chi connectivity index (χ3n) is 14.4. The molecule has 27 heteroatoms. The summed E-state index contributed by atoms with van der Waals surface area (Å²) in [6.45, 7) is 9.54. The molecule has 4 aliphatic heterocycles. The van der Waals surface area contributed by atoms with Crippen LogP contribution in [-0.4, -0.2) is 205 Å². The second-order valence-electron chi connectivity index (χ2n) is 19.5. The molecule has 80 heavy (non-hydrogen) atoms. The van der Waals surface area contributed by atoms with Gasteiger partial charge in [-0.2, -0.15) is 5.48 Å². The first-order valence-corrected chi connectivity index (χ1v) is 31.9. The van der Waals surface area contributed by atoms with Crippen LogP contribution in [0.4, 0.5) is 0 Å². The number of methoxy groups -OCH3 is 4. The van der Waals surface area contributed by atoms with Gasteiger partial charge in [-0.3, -0.25) is 14.4 Å². The van der Waals surface area contributed by atoms with Crippen LogP contribution in [0.25, 0.3) is 0 Å². The Hall–Kier alpha value is -2.41. The quantitative estimate of drug-likeness (QED) is 0.0289. The van der Waals surface area contributed by atoms with Crippen LogP contribution in [0.5, 0.6) is 17.2 Å². The van der Waals surface area contributed by atoms with Crippen molar-refractivity contribution in [1.29, 1.82) is 0 Å². The first kappa shape index (κ1) is 65.1. The van der Waals surface area contributed by atoms with Gasteiger partial charge < -0.3 is 88.7 Å². The zero-order valence-electron chi connectivity index (χ0n) is 45.9. The average Bonchev–Trinajstić information content (AvgIpc) is 3.58. The van der Waals surface area contributed by atoms with Crippen molar-refractivity contribution < 1.29 is 92.1 Å². The van der Waals surface area contributed by atoms with Gasteiger partial charge in [-0.15, -0.1) is 0 Å². The number of nitrogens with two attached hydrogens (primary N) is 1. The van der Waals surface area contributed by atoms with Crippen molar-refractivity contribution in [3.05, 3.63) is 49.8 Å². The van der Waals surface area contributed by atoms with Crippen LogP contribution in [0.15, 0.2) is 35.1 Å². The van der Waals surface area contributed by atoms with Crippen molar-refractivity contribution in [3.63, 3.8) is 0 Å². The van der Waals surface area contributed by atoms with Crippen LogP contribution in [0.2, 0.25) is 0 Å². The summed E-state index contributed by atoms with van der Waals surface area (Å²) >= 11 is 2.85. The lowest BCUT2D eigenvalue weighted by atomic mass is 9.75. The van der Waals surface area contributed by atoms with E-state index in [0.717, 1.165) is 11.8 Å². The number of aliphatic hydroxyl groups excluding tert-OH is 4. The molecule has 0 amide bonds. The minimum absolute atomic E-state index is 0.0394. The summed E-state index contributed by atoms with van der Waals surface area (Å²) in [5.74, 6) is 11.6. The van der Waals surface area contributed by atoms with E-state index in [9.17, 15) is 35.1 Å². The highest BCUT2D eigenvalue weighted by molar-refractivity contribution is 14.1. The Morgan fingerprint density at radius 3 is 2.31 bits per heavy atom. The monoisotopic (exact) mass is 1310 g/mol. The number of thioether (sulfide) groups is 1. The lowest BCUT2D eigenvalue weighted by Gasteiger charge is -2.46. The summed E-state index contributed by atoms with van der Waals surface area (Å²) in [5.41, 5.74) is 8.39. The van der Waals surface area contributed by atoms with E-state index < -0.39 is 114 Å². The smallest absolute Gasteiger partial charge is 0.229 e. The fourth-order valence-electron chi connectivity index (χ4n) is 10.2. The molecule has 9 N–H and O–H groups in total. The molecule has 4 heterocycles. The van der Waals surface area contributed by atoms with Gasteiger partial charge in [-0.25, -0.2) is 0 Å². The summed E-state index contributed by atoms with van der Waals surface area (Å²) in [6.07, 6.45) is -9.85. The number of hydrogen-bond acceptors (Lipinski definition) is 26. The SMILES string of the molecule is CCNC1COC(OC2C(OC3C#CC=CC#CC4(O)CC(=O)C(N)=C3C4=CCSSSC)OC(C)C(NOC3CC(O)C(SC(=O)c4c(C)c(I)c(OC5OC(C)C(O)C(OC)C5O)c(OC)c4OC)C(C)O3)C2O)CC1OC. The number of likely N-dealkylation sites (N-methyl/N-ethyl adjacent to an activating group) is 1. The molecule has 0 radical (unpaired) electrons. The molecule has 4 saturated heterocycles. The molecule has 444 valence electrons. The van der Waals surface area contributed by atoms with E-state index in [1.165, 1.54) is 54.1 Å². The van der Waals surface area contributed by atoms with E-state index in [4.69, 9.17) is 62.7 Å². The largest absolute Gasteiger partial charge is 0.492 e. The van der Waals surface area contributed by atoms with Crippen LogP contribution in [-0.2, 0) is 47.5 Å². The molecule has 0 saturated carbocycles. The topological polar surface area (TPSA) is 296 Å². The number of Topliss-reactive ketones (excluding diaryl/α,β-unsaturated/α-hetero) is 1. The molecule has 1 aromatic carbocycles. The number of nitrogens with one attached hydrogen (secondary N) is 2. The predicted octanol–water partition coefficient (Wildman–Crippen LogP) is 2.80. The minimum Gasteiger partial charge on any atom is -0.492 e. The molecule has 2 bridgehead atoms. The summed E-state index contributed by atoms with van der Waals surface area (Å²) in [5, 5.41) is 59.8. The number of ether oxygens (including phenoxy) is 11. The molecule has 22 nitrogen and oxygen atoms in total. The molecule has 0 aromatic heterocycles. The first-order valence-electron chi connectivity index (χ1n) is 25.9. The summed E-state index contributed by atoms with van der Waals surface area (Å²) in [7, 11) is 10.3. The highest BCUT2D eigenvalue weighted by Crippen LogP contribution is 2.49. The van der Waals surface area contributed by atoms with E-state index >= 15 is 0 Å². The third kappa shape index (κ3) is 14.6. The number of rotatable bonds is 21. The van der Waals surface area contributed by atoms with E-state index in [1.807, 2.05) is 35.8 Å². The number of carbonyl (C=O) groups is 2. The second-order valence-corrected chi connectivity index (χ2v) is 26.1. The normalized spacial score (nSPS) is 36.9.